The van der Waals surface area contributed by atoms with E-state index < -0.39 is 16.0 Å². The molecule has 0 N–H and O–H groups in total. The van der Waals surface area contributed by atoms with Crippen LogP contribution in [-0.2, 0) is 21.4 Å². The topological polar surface area (TPSA) is 115 Å². The Morgan fingerprint density at radius 2 is 2.03 bits per heavy atom. The first-order valence-corrected chi connectivity index (χ1v) is 11.8. The molecule has 0 fully saturated rings. The van der Waals surface area contributed by atoms with E-state index in [2.05, 4.69) is 14.5 Å². The SMILES string of the molecule is Cc1ccc(-c2noc(COC(=O)c3ccc4c(c3)SC3=NS(=O)(=O)CCN34)n2)cc1. The van der Waals surface area contributed by atoms with Gasteiger partial charge in [-0.15, -0.1) is 4.40 Å². The van der Waals surface area contributed by atoms with Crippen molar-refractivity contribution in [3.63, 3.8) is 0 Å². The van der Waals surface area contributed by atoms with Crippen molar-refractivity contribution in [3.05, 3.63) is 59.5 Å². The van der Waals surface area contributed by atoms with Crippen LogP contribution < -0.4 is 4.90 Å². The molecule has 3 aromatic rings. The summed E-state index contributed by atoms with van der Waals surface area (Å²) in [5, 5.41) is 4.32. The lowest BCUT2D eigenvalue weighted by molar-refractivity contribution is 0.0429. The van der Waals surface area contributed by atoms with Gasteiger partial charge in [-0.1, -0.05) is 35.0 Å². The fourth-order valence-electron chi connectivity index (χ4n) is 3.20. The van der Waals surface area contributed by atoms with Crippen molar-refractivity contribution >= 4 is 38.6 Å². The summed E-state index contributed by atoms with van der Waals surface area (Å²) in [6.45, 7) is 2.17. The summed E-state index contributed by atoms with van der Waals surface area (Å²) in [6, 6.07) is 12.8. The van der Waals surface area contributed by atoms with Gasteiger partial charge in [-0.25, -0.2) is 13.2 Å². The number of aryl methyl sites for hydroxylation is 1. The summed E-state index contributed by atoms with van der Waals surface area (Å²) in [7, 11) is -3.43. The number of nitrogens with zero attached hydrogens (tertiary/aromatic N) is 4. The number of hydrogen-bond donors (Lipinski definition) is 0. The monoisotopic (exact) mass is 456 g/mol. The maximum absolute atomic E-state index is 12.5. The van der Waals surface area contributed by atoms with Crippen molar-refractivity contribution in [2.24, 2.45) is 4.40 Å². The first-order chi connectivity index (χ1) is 14.9. The van der Waals surface area contributed by atoms with Gasteiger partial charge in [0, 0.05) is 17.0 Å². The summed E-state index contributed by atoms with van der Waals surface area (Å²) in [4.78, 5) is 19.3. The molecule has 3 heterocycles. The number of aromatic nitrogens is 2. The first kappa shape index (κ1) is 19.8. The average molecular weight is 457 g/mol. The number of fused-ring (bicyclic) bond motifs is 3. The smallest absolute Gasteiger partial charge is 0.338 e. The lowest BCUT2D eigenvalue weighted by Gasteiger charge is -2.22. The number of rotatable bonds is 4. The van der Waals surface area contributed by atoms with Crippen molar-refractivity contribution < 1.29 is 22.5 Å². The lowest BCUT2D eigenvalue weighted by Crippen LogP contribution is -2.35. The molecule has 0 atom stereocenters. The van der Waals surface area contributed by atoms with Crippen molar-refractivity contribution in [3.8, 4) is 11.4 Å². The molecule has 2 aliphatic heterocycles. The largest absolute Gasteiger partial charge is 0.452 e. The molecule has 5 rings (SSSR count). The molecule has 1 aromatic heterocycles. The summed E-state index contributed by atoms with van der Waals surface area (Å²) in [6.07, 6.45) is 0. The van der Waals surface area contributed by atoms with E-state index in [4.69, 9.17) is 9.26 Å². The van der Waals surface area contributed by atoms with Crippen molar-refractivity contribution in [1.29, 1.82) is 0 Å². The molecule has 0 saturated heterocycles. The predicted octanol–water partition coefficient (Wildman–Crippen LogP) is 3.01. The Labute approximate surface area is 182 Å². The third-order valence-corrected chi connectivity index (χ3v) is 7.12. The van der Waals surface area contributed by atoms with Crippen LogP contribution in [-0.4, -0.2) is 42.0 Å². The number of anilines is 1. The zero-order chi connectivity index (χ0) is 21.6. The Morgan fingerprint density at radius 3 is 2.84 bits per heavy atom. The van der Waals surface area contributed by atoms with Crippen LogP contribution in [0.1, 0.15) is 21.8 Å². The molecule has 158 valence electrons. The quantitative estimate of drug-likeness (QED) is 0.546. The van der Waals surface area contributed by atoms with E-state index in [-0.39, 0.29) is 18.3 Å². The number of hydrogen-bond acceptors (Lipinski definition) is 9. The van der Waals surface area contributed by atoms with Crippen LogP contribution in [0.5, 0.6) is 0 Å². The molecule has 11 heteroatoms. The fraction of sp³-hybridized carbons (Fsp3) is 0.200. The van der Waals surface area contributed by atoms with Crippen molar-refractivity contribution in [1.82, 2.24) is 10.1 Å². The molecule has 9 nitrogen and oxygen atoms in total. The minimum atomic E-state index is -3.43. The number of amidine groups is 1. The highest BCUT2D eigenvalue weighted by atomic mass is 32.2. The number of ether oxygens (including phenoxy) is 1. The minimum absolute atomic E-state index is 0.0327. The van der Waals surface area contributed by atoms with Crippen LogP contribution in [0.2, 0.25) is 0 Å². The van der Waals surface area contributed by atoms with E-state index in [9.17, 15) is 13.2 Å². The molecule has 0 unspecified atom stereocenters. The van der Waals surface area contributed by atoms with Crippen molar-refractivity contribution in [2.75, 3.05) is 17.2 Å². The molecule has 2 aromatic carbocycles. The zero-order valence-corrected chi connectivity index (χ0v) is 17.9. The number of carbonyl (C=O) groups is 1. The Kier molecular flexibility index (Phi) is 4.78. The van der Waals surface area contributed by atoms with Crippen LogP contribution in [0.3, 0.4) is 0 Å². The van der Waals surface area contributed by atoms with Crippen LogP contribution in [0.25, 0.3) is 11.4 Å². The standard InChI is InChI=1S/C20H16N4O5S2/c1-12-2-4-13(5-3-12)18-21-17(29-22-18)11-28-19(25)14-6-7-15-16(10-14)30-20-23-31(26,27)9-8-24(15)20/h2-7,10H,8-9,11H2,1H3. The number of esters is 1. The van der Waals surface area contributed by atoms with E-state index >= 15 is 0 Å². The summed E-state index contributed by atoms with van der Waals surface area (Å²) < 4.78 is 37.7. The summed E-state index contributed by atoms with van der Waals surface area (Å²) in [5.41, 5.74) is 3.10. The molecular formula is C20H16N4O5S2. The third-order valence-electron chi connectivity index (χ3n) is 4.81. The highest BCUT2D eigenvalue weighted by Crippen LogP contribution is 2.42. The molecule has 31 heavy (non-hydrogen) atoms. The lowest BCUT2D eigenvalue weighted by atomic mass is 10.1. The number of benzene rings is 2. The van der Waals surface area contributed by atoms with E-state index in [1.165, 1.54) is 11.8 Å². The maximum Gasteiger partial charge on any atom is 0.338 e. The molecule has 0 aliphatic carbocycles. The Hall–Kier alpha value is -3.18. The van der Waals surface area contributed by atoms with Gasteiger partial charge in [-0.3, -0.25) is 0 Å². The maximum atomic E-state index is 12.5. The van der Waals surface area contributed by atoms with Gasteiger partial charge in [-0.05, 0) is 36.9 Å². The Morgan fingerprint density at radius 1 is 1.23 bits per heavy atom. The minimum Gasteiger partial charge on any atom is -0.452 e. The third kappa shape index (κ3) is 3.93. The van der Waals surface area contributed by atoms with Gasteiger partial charge in [-0.2, -0.15) is 4.98 Å². The first-order valence-electron chi connectivity index (χ1n) is 9.37. The number of thioether (sulfide) groups is 1. The molecule has 0 saturated carbocycles. The second-order valence-electron chi connectivity index (χ2n) is 7.05. The highest BCUT2D eigenvalue weighted by Gasteiger charge is 2.33. The van der Waals surface area contributed by atoms with Gasteiger partial charge in [0.05, 0.1) is 17.0 Å². The number of carbonyl (C=O) groups excluding carboxylic acids is 1. The fourth-order valence-corrected chi connectivity index (χ4v) is 5.50. The molecular weight excluding hydrogens is 440 g/mol. The number of sulfonamides is 1. The summed E-state index contributed by atoms with van der Waals surface area (Å²) >= 11 is 1.22. The predicted molar refractivity (Wildman–Crippen MR) is 114 cm³/mol. The van der Waals surface area contributed by atoms with Gasteiger partial charge in [0.15, 0.2) is 11.8 Å². The van der Waals surface area contributed by atoms with Crippen LogP contribution in [0.15, 0.2) is 56.3 Å². The molecule has 0 radical (unpaired) electrons. The second kappa shape index (κ2) is 7.50. The highest BCUT2D eigenvalue weighted by molar-refractivity contribution is 8.15. The molecule has 2 aliphatic rings. The van der Waals surface area contributed by atoms with E-state index in [1.807, 2.05) is 36.1 Å². The van der Waals surface area contributed by atoms with Gasteiger partial charge >= 0.3 is 5.97 Å². The van der Waals surface area contributed by atoms with Crippen LogP contribution >= 0.6 is 11.8 Å². The molecule has 0 amide bonds. The van der Waals surface area contributed by atoms with E-state index in [0.29, 0.717) is 23.1 Å². The normalized spacial score (nSPS) is 16.4. The Balaban J connectivity index is 1.27. The van der Waals surface area contributed by atoms with Gasteiger partial charge in [0.2, 0.25) is 5.82 Å². The van der Waals surface area contributed by atoms with Crippen LogP contribution in [0.4, 0.5) is 5.69 Å². The average Bonchev–Trinajstić information content (AvgIpc) is 3.35. The molecule has 0 bridgehead atoms. The zero-order valence-electron chi connectivity index (χ0n) is 16.3. The van der Waals surface area contributed by atoms with Gasteiger partial charge in [0.25, 0.3) is 15.9 Å². The van der Waals surface area contributed by atoms with E-state index in [1.54, 1.807) is 18.2 Å². The van der Waals surface area contributed by atoms with E-state index in [0.717, 1.165) is 21.7 Å². The summed E-state index contributed by atoms with van der Waals surface area (Å²) in [5.74, 6) is 0.0381. The van der Waals surface area contributed by atoms with Crippen LogP contribution in [0, 0.1) is 6.92 Å². The van der Waals surface area contributed by atoms with Gasteiger partial charge in [0.1, 0.15) is 0 Å². The van der Waals surface area contributed by atoms with Gasteiger partial charge < -0.3 is 14.2 Å². The van der Waals surface area contributed by atoms with Crippen molar-refractivity contribution in [2.45, 2.75) is 18.4 Å². The Bertz CT molecular complexity index is 1320. The molecule has 0 spiro atoms. The second-order valence-corrected chi connectivity index (χ2v) is 9.81.